The lowest BCUT2D eigenvalue weighted by atomic mass is 9.79. The Morgan fingerprint density at radius 3 is 2.26 bits per heavy atom. The highest BCUT2D eigenvalue weighted by molar-refractivity contribution is 5.33. The number of ether oxygens (including phenoxy) is 2. The lowest BCUT2D eigenvalue weighted by Crippen LogP contribution is -2.62. The number of rotatable bonds is 9. The average Bonchev–Trinajstić information content (AvgIpc) is 2.71. The molecule has 1 aliphatic rings. The summed E-state index contributed by atoms with van der Waals surface area (Å²) in [5.74, 6) is 1.76. The van der Waals surface area contributed by atoms with Crippen molar-refractivity contribution in [3.05, 3.63) is 53.6 Å². The Kier molecular flexibility index (Phi) is 7.68. The Bertz CT molecular complexity index is 820. The van der Waals surface area contributed by atoms with Crippen molar-refractivity contribution in [2.24, 2.45) is 0 Å². The third-order valence-electron chi connectivity index (χ3n) is 5.93. The van der Waals surface area contributed by atoms with E-state index in [1.165, 1.54) is 5.56 Å². The molecule has 1 fully saturated rings. The first-order valence-corrected chi connectivity index (χ1v) is 11.2. The van der Waals surface area contributed by atoms with E-state index in [2.05, 4.69) is 60.0 Å². The molecule has 6 nitrogen and oxygen atoms in total. The lowest BCUT2D eigenvalue weighted by molar-refractivity contribution is 0.0558. The van der Waals surface area contributed by atoms with Gasteiger partial charge in [-0.15, -0.1) is 0 Å². The third-order valence-corrected chi connectivity index (χ3v) is 5.93. The van der Waals surface area contributed by atoms with Crippen molar-refractivity contribution in [1.29, 1.82) is 0 Å². The van der Waals surface area contributed by atoms with Crippen LogP contribution in [0.15, 0.2) is 36.7 Å². The molecular formula is C25H38N4O2. The standard InChI is InChI=1S/C25H38N4O2/c1-24(2)13-21(14-25(3,4)28-24)29(18-20-9-7-8-10-22(20)31-6)17-19-15-26-23(27-16-19)11-12-30-5/h7-10,15-16,21,28H,11-14,17-18H2,1-6H3. The summed E-state index contributed by atoms with van der Waals surface area (Å²) in [6.45, 7) is 11.5. The molecule has 31 heavy (non-hydrogen) atoms. The number of para-hydroxylation sites is 1. The topological polar surface area (TPSA) is 59.5 Å². The van der Waals surface area contributed by atoms with Crippen molar-refractivity contribution in [2.75, 3.05) is 20.8 Å². The smallest absolute Gasteiger partial charge is 0.130 e. The summed E-state index contributed by atoms with van der Waals surface area (Å²) in [5, 5.41) is 3.81. The number of aromatic nitrogens is 2. The van der Waals surface area contributed by atoms with Gasteiger partial charge in [-0.1, -0.05) is 18.2 Å². The van der Waals surface area contributed by atoms with Crippen molar-refractivity contribution < 1.29 is 9.47 Å². The maximum absolute atomic E-state index is 5.64. The molecule has 0 saturated carbocycles. The van der Waals surface area contributed by atoms with Crippen molar-refractivity contribution in [1.82, 2.24) is 20.2 Å². The van der Waals surface area contributed by atoms with Crippen LogP contribution in [0.5, 0.6) is 5.75 Å². The molecule has 0 aliphatic carbocycles. The molecule has 1 aromatic heterocycles. The van der Waals surface area contributed by atoms with Gasteiger partial charge >= 0.3 is 0 Å². The predicted molar refractivity (Wildman–Crippen MR) is 124 cm³/mol. The van der Waals surface area contributed by atoms with Gasteiger partial charge in [-0.25, -0.2) is 9.97 Å². The van der Waals surface area contributed by atoms with Crippen LogP contribution in [-0.2, 0) is 24.2 Å². The van der Waals surface area contributed by atoms with Gasteiger partial charge in [-0.3, -0.25) is 4.90 Å². The first-order chi connectivity index (χ1) is 14.7. The molecule has 2 heterocycles. The Morgan fingerprint density at radius 1 is 1.00 bits per heavy atom. The van der Waals surface area contributed by atoms with Gasteiger partial charge in [0.1, 0.15) is 11.6 Å². The van der Waals surface area contributed by atoms with E-state index in [9.17, 15) is 0 Å². The number of nitrogens with one attached hydrogen (secondary N) is 1. The van der Waals surface area contributed by atoms with Gasteiger partial charge in [-0.2, -0.15) is 0 Å². The van der Waals surface area contributed by atoms with Gasteiger partial charge in [0.05, 0.1) is 13.7 Å². The lowest BCUT2D eigenvalue weighted by Gasteiger charge is -2.49. The quantitative estimate of drug-likeness (QED) is 0.654. The van der Waals surface area contributed by atoms with Crippen LogP contribution < -0.4 is 10.1 Å². The fourth-order valence-electron chi connectivity index (χ4n) is 4.91. The van der Waals surface area contributed by atoms with Crippen LogP contribution in [0.1, 0.15) is 57.5 Å². The predicted octanol–water partition coefficient (Wildman–Crippen LogP) is 3.99. The summed E-state index contributed by atoms with van der Waals surface area (Å²) < 4.78 is 10.8. The zero-order valence-corrected chi connectivity index (χ0v) is 19.9. The third kappa shape index (κ3) is 6.73. The maximum Gasteiger partial charge on any atom is 0.130 e. The van der Waals surface area contributed by atoms with Crippen LogP contribution in [0.25, 0.3) is 0 Å². The summed E-state index contributed by atoms with van der Waals surface area (Å²) in [5.41, 5.74) is 2.49. The van der Waals surface area contributed by atoms with Crippen LogP contribution in [-0.4, -0.2) is 52.8 Å². The molecule has 0 radical (unpaired) electrons. The highest BCUT2D eigenvalue weighted by atomic mass is 16.5. The molecule has 0 spiro atoms. The molecule has 0 bridgehead atoms. The van der Waals surface area contributed by atoms with E-state index in [0.717, 1.165) is 49.5 Å². The summed E-state index contributed by atoms with van der Waals surface area (Å²) in [6, 6.07) is 8.74. The van der Waals surface area contributed by atoms with Crippen molar-refractivity contribution in [2.45, 2.75) is 77.2 Å². The van der Waals surface area contributed by atoms with E-state index in [1.807, 2.05) is 24.5 Å². The Hall–Kier alpha value is -2.02. The SMILES string of the molecule is COCCc1ncc(CN(Cc2ccccc2OC)C2CC(C)(C)NC(C)(C)C2)cn1. The van der Waals surface area contributed by atoms with Gasteiger partial charge < -0.3 is 14.8 Å². The minimum absolute atomic E-state index is 0.0753. The van der Waals surface area contributed by atoms with E-state index in [1.54, 1.807) is 14.2 Å². The first-order valence-electron chi connectivity index (χ1n) is 11.2. The van der Waals surface area contributed by atoms with E-state index in [0.29, 0.717) is 12.6 Å². The number of benzene rings is 1. The van der Waals surface area contributed by atoms with Gasteiger partial charge in [0.25, 0.3) is 0 Å². The molecular weight excluding hydrogens is 388 g/mol. The number of methoxy groups -OCH3 is 2. The molecule has 2 aromatic rings. The fraction of sp³-hybridized carbons (Fsp3) is 0.600. The monoisotopic (exact) mass is 426 g/mol. The van der Waals surface area contributed by atoms with Crippen LogP contribution >= 0.6 is 0 Å². The van der Waals surface area contributed by atoms with E-state index < -0.39 is 0 Å². The minimum Gasteiger partial charge on any atom is -0.496 e. The van der Waals surface area contributed by atoms with Crippen LogP contribution in [0, 0.1) is 0 Å². The van der Waals surface area contributed by atoms with Crippen molar-refractivity contribution >= 4 is 0 Å². The van der Waals surface area contributed by atoms with Crippen molar-refractivity contribution in [3.8, 4) is 5.75 Å². The number of hydrogen-bond acceptors (Lipinski definition) is 6. The highest BCUT2D eigenvalue weighted by Gasteiger charge is 2.40. The zero-order valence-electron chi connectivity index (χ0n) is 19.9. The highest BCUT2D eigenvalue weighted by Crippen LogP contribution is 2.34. The molecule has 0 unspecified atom stereocenters. The summed E-state index contributed by atoms with van der Waals surface area (Å²) >= 11 is 0. The molecule has 1 N–H and O–H groups in total. The van der Waals surface area contributed by atoms with Gasteiger partial charge in [0, 0.05) is 67.3 Å². The van der Waals surface area contributed by atoms with Crippen LogP contribution in [0.2, 0.25) is 0 Å². The first kappa shape index (κ1) is 23.6. The van der Waals surface area contributed by atoms with Gasteiger partial charge in [0.15, 0.2) is 0 Å². The summed E-state index contributed by atoms with van der Waals surface area (Å²) in [4.78, 5) is 11.7. The number of nitrogens with zero attached hydrogens (tertiary/aromatic N) is 3. The molecule has 1 saturated heterocycles. The Morgan fingerprint density at radius 2 is 1.65 bits per heavy atom. The second-order valence-electron chi connectivity index (χ2n) is 9.92. The Balaban J connectivity index is 1.85. The van der Waals surface area contributed by atoms with Crippen molar-refractivity contribution in [3.63, 3.8) is 0 Å². The number of hydrogen-bond donors (Lipinski definition) is 1. The second kappa shape index (κ2) is 10.1. The van der Waals surface area contributed by atoms with E-state index in [4.69, 9.17) is 9.47 Å². The second-order valence-corrected chi connectivity index (χ2v) is 9.92. The average molecular weight is 427 g/mol. The normalized spacial score (nSPS) is 18.3. The fourth-order valence-corrected chi connectivity index (χ4v) is 4.91. The largest absolute Gasteiger partial charge is 0.496 e. The molecule has 1 aliphatic heterocycles. The zero-order chi connectivity index (χ0) is 22.5. The van der Waals surface area contributed by atoms with Crippen LogP contribution in [0.4, 0.5) is 0 Å². The Labute approximate surface area is 187 Å². The maximum atomic E-state index is 5.64. The van der Waals surface area contributed by atoms with Gasteiger partial charge in [0.2, 0.25) is 0 Å². The summed E-state index contributed by atoms with van der Waals surface area (Å²) in [6.07, 6.45) is 6.82. The molecule has 0 amide bonds. The van der Waals surface area contributed by atoms with Crippen LogP contribution in [0.3, 0.4) is 0 Å². The van der Waals surface area contributed by atoms with Gasteiger partial charge in [-0.05, 0) is 46.6 Å². The molecule has 0 atom stereocenters. The molecule has 170 valence electrons. The number of piperidine rings is 1. The summed E-state index contributed by atoms with van der Waals surface area (Å²) in [7, 11) is 3.44. The molecule has 3 rings (SSSR count). The van der Waals surface area contributed by atoms with E-state index in [-0.39, 0.29) is 11.1 Å². The minimum atomic E-state index is 0.0753. The van der Waals surface area contributed by atoms with E-state index >= 15 is 0 Å². The molecule has 6 heteroatoms. The molecule has 1 aromatic carbocycles.